The van der Waals surface area contributed by atoms with Crippen LogP contribution < -0.4 is 15.0 Å². The van der Waals surface area contributed by atoms with Gasteiger partial charge < -0.3 is 24.4 Å². The number of ether oxygens (including phenoxy) is 3. The minimum atomic E-state index is -2.84. The summed E-state index contributed by atoms with van der Waals surface area (Å²) in [6.45, 7) is 7.01. The second-order valence-corrected chi connectivity index (χ2v) is 13.1. The van der Waals surface area contributed by atoms with Crippen LogP contribution >= 0.6 is 0 Å². The van der Waals surface area contributed by atoms with Crippen molar-refractivity contribution in [1.82, 2.24) is 29.7 Å². The number of fused-ring (bicyclic) bond motifs is 1. The van der Waals surface area contributed by atoms with Crippen LogP contribution in [-0.4, -0.2) is 99.2 Å². The average Bonchev–Trinajstić information content (AvgIpc) is 3.63. The minimum Gasteiger partial charge on any atom is -0.474 e. The van der Waals surface area contributed by atoms with Gasteiger partial charge in [-0.15, -0.1) is 0 Å². The van der Waals surface area contributed by atoms with Crippen molar-refractivity contribution in [1.29, 1.82) is 0 Å². The van der Waals surface area contributed by atoms with Gasteiger partial charge >= 0.3 is 6.09 Å². The maximum absolute atomic E-state index is 14.3. The summed E-state index contributed by atoms with van der Waals surface area (Å²) in [5.41, 5.74) is 0.144. The van der Waals surface area contributed by atoms with Crippen LogP contribution in [-0.2, 0) is 14.3 Å². The highest BCUT2D eigenvalue weighted by atomic mass is 19.3. The zero-order chi connectivity index (χ0) is 33.3. The number of nitrogens with one attached hydrogen (secondary N) is 1. The van der Waals surface area contributed by atoms with Crippen molar-refractivity contribution in [3.8, 4) is 11.7 Å². The molecule has 4 heterocycles. The number of rotatable bonds is 7. The lowest BCUT2D eigenvalue weighted by atomic mass is 9.92. The van der Waals surface area contributed by atoms with Crippen molar-refractivity contribution >= 4 is 29.0 Å². The molecule has 2 saturated heterocycles. The van der Waals surface area contributed by atoms with Gasteiger partial charge in [0.1, 0.15) is 29.7 Å². The summed E-state index contributed by atoms with van der Waals surface area (Å²) in [6.07, 6.45) is -2.84. The second kappa shape index (κ2) is 13.5. The first-order valence-corrected chi connectivity index (χ1v) is 16.0. The summed E-state index contributed by atoms with van der Waals surface area (Å²) in [5, 5.41) is 2.99. The Hall–Kier alpha value is -4.14. The number of morpholine rings is 1. The van der Waals surface area contributed by atoms with Crippen molar-refractivity contribution in [2.24, 2.45) is 0 Å². The van der Waals surface area contributed by atoms with E-state index in [1.165, 1.54) is 9.47 Å². The monoisotopic (exact) mass is 659 g/mol. The van der Waals surface area contributed by atoms with Crippen molar-refractivity contribution in [3.63, 3.8) is 0 Å². The molecule has 47 heavy (non-hydrogen) atoms. The Morgan fingerprint density at radius 3 is 2.47 bits per heavy atom. The number of aromatic nitrogens is 4. The highest BCUT2D eigenvalue weighted by molar-refractivity contribution is 5.86. The van der Waals surface area contributed by atoms with Gasteiger partial charge in [-0.05, 0) is 58.6 Å². The van der Waals surface area contributed by atoms with Crippen LogP contribution in [0.5, 0.6) is 5.88 Å². The van der Waals surface area contributed by atoms with E-state index in [9.17, 15) is 22.8 Å². The maximum Gasteiger partial charge on any atom is 0.411 e. The third kappa shape index (κ3) is 7.55. The third-order valence-corrected chi connectivity index (χ3v) is 8.47. The summed E-state index contributed by atoms with van der Waals surface area (Å²) >= 11 is 0. The van der Waals surface area contributed by atoms with Crippen LogP contribution in [0.3, 0.4) is 0 Å². The first-order chi connectivity index (χ1) is 22.4. The van der Waals surface area contributed by atoms with Gasteiger partial charge in [0.05, 0.1) is 30.8 Å². The molecule has 2 amide bonds. The van der Waals surface area contributed by atoms with Crippen molar-refractivity contribution in [2.45, 2.75) is 89.3 Å². The van der Waals surface area contributed by atoms with Crippen LogP contribution in [0.2, 0.25) is 0 Å². The number of para-hydroxylation sites is 2. The lowest BCUT2D eigenvalue weighted by Gasteiger charge is -2.32. The molecule has 15 heteroatoms. The molecule has 1 N–H and O–H groups in total. The van der Waals surface area contributed by atoms with Gasteiger partial charge in [-0.2, -0.15) is 9.97 Å². The number of imidazole rings is 1. The van der Waals surface area contributed by atoms with Gasteiger partial charge in [0.25, 0.3) is 6.43 Å². The normalized spacial score (nSPS) is 23.7. The first kappa shape index (κ1) is 32.8. The van der Waals surface area contributed by atoms with E-state index in [2.05, 4.69) is 20.3 Å². The largest absolute Gasteiger partial charge is 0.474 e. The van der Waals surface area contributed by atoms with Crippen LogP contribution in [0.4, 0.5) is 23.9 Å². The Kier molecular flexibility index (Phi) is 9.44. The number of carbonyl (C=O) groups excluding carboxylic acids is 2. The Morgan fingerprint density at radius 2 is 1.77 bits per heavy atom. The minimum absolute atomic E-state index is 0.0788. The molecule has 3 fully saturated rings. The number of alkyl halides is 3. The lowest BCUT2D eigenvalue weighted by molar-refractivity contribution is -0.126. The van der Waals surface area contributed by atoms with E-state index in [0.29, 0.717) is 69.0 Å². The molecule has 2 aromatic heterocycles. The van der Waals surface area contributed by atoms with Crippen LogP contribution in [0, 0.1) is 0 Å². The molecule has 3 aromatic rings. The Labute approximate surface area is 270 Å². The number of hydrogen-bond acceptors (Lipinski definition) is 9. The van der Waals surface area contributed by atoms with Crippen LogP contribution in [0.15, 0.2) is 30.3 Å². The summed E-state index contributed by atoms with van der Waals surface area (Å²) < 4.78 is 61.2. The average molecular weight is 660 g/mol. The van der Waals surface area contributed by atoms with E-state index in [0.717, 1.165) is 0 Å². The lowest BCUT2D eigenvalue weighted by Crippen LogP contribution is -2.50. The topological polar surface area (TPSA) is 124 Å². The Bertz CT molecular complexity index is 1580. The van der Waals surface area contributed by atoms with Gasteiger partial charge in [-0.25, -0.2) is 22.9 Å². The van der Waals surface area contributed by atoms with Crippen molar-refractivity contribution < 1.29 is 37.0 Å². The molecule has 0 bridgehead atoms. The molecule has 2 atom stereocenters. The molecule has 12 nitrogen and oxygen atoms in total. The molecule has 0 spiro atoms. The number of carbonyl (C=O) groups is 2. The predicted octanol–water partition coefficient (Wildman–Crippen LogP) is 4.74. The van der Waals surface area contributed by atoms with E-state index >= 15 is 0 Å². The van der Waals surface area contributed by atoms with Gasteiger partial charge in [0.15, 0.2) is 5.82 Å². The fraction of sp³-hybridized carbons (Fsp3) is 0.594. The maximum atomic E-state index is 14.3. The molecule has 2 aliphatic heterocycles. The fourth-order valence-electron chi connectivity index (χ4n) is 6.26. The smallest absolute Gasteiger partial charge is 0.411 e. The number of amides is 2. The quantitative estimate of drug-likeness (QED) is 0.383. The van der Waals surface area contributed by atoms with E-state index < -0.39 is 42.1 Å². The number of benzene rings is 1. The number of anilines is 1. The SMILES string of the molecule is CC(C)(C)OC(=O)N1C[C@H](F)C[C@H]1C(=O)N[C@H]1CC[C@H](Oc2cc(-n3c(C(F)F)nc4ccccc43)nc(N3CCOCC3)n2)CC1. The molecule has 1 aromatic carbocycles. The standard InChI is InChI=1S/C32H40F3N7O5/c1-32(2,3)47-31(44)41-18-19(33)16-24(41)29(43)36-20-8-10-21(11-9-20)46-26-17-25(38-30(39-26)40-12-14-45-15-13-40)42-23-7-5-4-6-22(23)37-28(42)27(34)35/h4-7,17,19-21,24,27H,8-16,18H2,1-3H3,(H,36,43)/t19-,20-,21-,24+/m1/s1. The highest BCUT2D eigenvalue weighted by Gasteiger charge is 2.42. The third-order valence-electron chi connectivity index (χ3n) is 8.47. The van der Waals surface area contributed by atoms with Gasteiger partial charge in [0, 0.05) is 31.6 Å². The van der Waals surface area contributed by atoms with E-state index in [-0.39, 0.29) is 36.8 Å². The van der Waals surface area contributed by atoms with Gasteiger partial charge in [-0.1, -0.05) is 12.1 Å². The highest BCUT2D eigenvalue weighted by Crippen LogP contribution is 2.31. The number of halogens is 3. The molecule has 254 valence electrons. The summed E-state index contributed by atoms with van der Waals surface area (Å²) in [4.78, 5) is 42.4. The fourth-order valence-corrected chi connectivity index (χ4v) is 6.26. The molecular weight excluding hydrogens is 619 g/mol. The summed E-state index contributed by atoms with van der Waals surface area (Å²) in [7, 11) is 0. The molecule has 1 aliphatic carbocycles. The van der Waals surface area contributed by atoms with Crippen molar-refractivity contribution in [2.75, 3.05) is 37.7 Å². The number of hydrogen-bond donors (Lipinski definition) is 1. The molecule has 3 aliphatic rings. The van der Waals surface area contributed by atoms with Crippen LogP contribution in [0.1, 0.15) is 65.1 Å². The number of nitrogens with zero attached hydrogens (tertiary/aromatic N) is 6. The van der Waals surface area contributed by atoms with Gasteiger partial charge in [-0.3, -0.25) is 14.3 Å². The van der Waals surface area contributed by atoms with E-state index in [1.807, 2.05) is 4.90 Å². The molecule has 0 unspecified atom stereocenters. The zero-order valence-corrected chi connectivity index (χ0v) is 26.7. The van der Waals surface area contributed by atoms with E-state index in [1.54, 1.807) is 51.1 Å². The second-order valence-electron chi connectivity index (χ2n) is 13.1. The summed E-state index contributed by atoms with van der Waals surface area (Å²) in [5.74, 6) is -0.0179. The Balaban J connectivity index is 1.15. The summed E-state index contributed by atoms with van der Waals surface area (Å²) in [6, 6.07) is 7.31. The van der Waals surface area contributed by atoms with Crippen molar-refractivity contribution in [3.05, 3.63) is 36.2 Å². The molecule has 0 radical (unpaired) electrons. The first-order valence-electron chi connectivity index (χ1n) is 16.0. The van der Waals surface area contributed by atoms with Crippen LogP contribution in [0.25, 0.3) is 16.9 Å². The van der Waals surface area contributed by atoms with E-state index in [4.69, 9.17) is 14.2 Å². The molecular formula is C32H40F3N7O5. The molecule has 1 saturated carbocycles. The Morgan fingerprint density at radius 1 is 1.04 bits per heavy atom. The predicted molar refractivity (Wildman–Crippen MR) is 166 cm³/mol. The molecule has 6 rings (SSSR count). The number of likely N-dealkylation sites (tertiary alicyclic amines) is 1. The van der Waals surface area contributed by atoms with Gasteiger partial charge in [0.2, 0.25) is 17.7 Å². The zero-order valence-electron chi connectivity index (χ0n) is 26.7.